The maximum atomic E-state index is 12.1. The number of sulfone groups is 1. The van der Waals surface area contributed by atoms with Crippen LogP contribution in [-0.4, -0.2) is 37.9 Å². The Hall–Kier alpha value is -1.95. The van der Waals surface area contributed by atoms with Crippen LogP contribution < -0.4 is 5.32 Å². The molecule has 1 amide bonds. The molecule has 5 nitrogen and oxygen atoms in total. The van der Waals surface area contributed by atoms with Crippen LogP contribution in [0.3, 0.4) is 0 Å². The molecule has 0 unspecified atom stereocenters. The average Bonchev–Trinajstić information content (AvgIpc) is 2.36. The molecule has 0 saturated heterocycles. The lowest BCUT2D eigenvalue weighted by molar-refractivity contribution is 0.0955. The fraction of sp³-hybridized carbons (Fsp3) is 0.333. The van der Waals surface area contributed by atoms with Crippen LogP contribution in [0, 0.1) is 13.8 Å². The van der Waals surface area contributed by atoms with Gasteiger partial charge in [0.1, 0.15) is 9.84 Å². The Morgan fingerprint density at radius 2 is 1.95 bits per heavy atom. The summed E-state index contributed by atoms with van der Waals surface area (Å²) in [5.41, 5.74) is 3.03. The summed E-state index contributed by atoms with van der Waals surface area (Å²) in [6.45, 7) is 3.85. The van der Waals surface area contributed by atoms with Gasteiger partial charge in [-0.25, -0.2) is 8.42 Å². The minimum atomic E-state index is -3.08. The summed E-state index contributed by atoms with van der Waals surface area (Å²) in [4.78, 5) is 16.5. The number of benzene rings is 1. The molecule has 0 spiro atoms. The Kier molecular flexibility index (Phi) is 4.27. The van der Waals surface area contributed by atoms with Crippen molar-refractivity contribution in [1.29, 1.82) is 0 Å². The third-order valence-corrected chi connectivity index (χ3v) is 4.11. The molecule has 112 valence electrons. The van der Waals surface area contributed by atoms with Crippen molar-refractivity contribution in [3.05, 3.63) is 41.1 Å². The fourth-order valence-corrected chi connectivity index (χ4v) is 2.54. The van der Waals surface area contributed by atoms with Gasteiger partial charge in [0.15, 0.2) is 0 Å². The van der Waals surface area contributed by atoms with E-state index in [2.05, 4.69) is 10.3 Å². The number of amides is 1. The van der Waals surface area contributed by atoms with Gasteiger partial charge in [0.05, 0.1) is 22.5 Å². The zero-order chi connectivity index (χ0) is 15.6. The Bertz CT molecular complexity index is 798. The Balaban J connectivity index is 2.24. The number of hydrogen-bond donors (Lipinski definition) is 1. The van der Waals surface area contributed by atoms with Crippen molar-refractivity contribution in [3.8, 4) is 0 Å². The zero-order valence-corrected chi connectivity index (χ0v) is 13.1. The Labute approximate surface area is 124 Å². The van der Waals surface area contributed by atoms with Gasteiger partial charge in [-0.05, 0) is 32.0 Å². The van der Waals surface area contributed by atoms with E-state index in [4.69, 9.17) is 0 Å². The summed E-state index contributed by atoms with van der Waals surface area (Å²) in [6.07, 6.45) is 1.14. The lowest BCUT2D eigenvalue weighted by atomic mass is 10.1. The van der Waals surface area contributed by atoms with Gasteiger partial charge in [0.25, 0.3) is 5.91 Å². The standard InChI is InChI=1S/C15H18N2O3S/c1-10-4-5-14-12(8-10)9-13(11(2)17-14)15(18)16-6-7-21(3,19)20/h4-5,8-9H,6-7H2,1-3H3,(H,16,18). The van der Waals surface area contributed by atoms with Crippen LogP contribution in [-0.2, 0) is 9.84 Å². The topological polar surface area (TPSA) is 76.1 Å². The first-order chi connectivity index (χ1) is 9.76. The van der Waals surface area contributed by atoms with E-state index in [9.17, 15) is 13.2 Å². The first-order valence-electron chi connectivity index (χ1n) is 6.60. The maximum Gasteiger partial charge on any atom is 0.253 e. The van der Waals surface area contributed by atoms with Crippen LogP contribution in [0.1, 0.15) is 21.6 Å². The molecule has 0 saturated carbocycles. The molecule has 2 rings (SSSR count). The van der Waals surface area contributed by atoms with Gasteiger partial charge in [-0.15, -0.1) is 0 Å². The average molecular weight is 306 g/mol. The Morgan fingerprint density at radius 3 is 2.62 bits per heavy atom. The van der Waals surface area contributed by atoms with Crippen LogP contribution in [0.5, 0.6) is 0 Å². The lowest BCUT2D eigenvalue weighted by Crippen LogP contribution is -2.29. The normalized spacial score (nSPS) is 11.6. The number of carbonyl (C=O) groups is 1. The quantitative estimate of drug-likeness (QED) is 0.931. The minimum Gasteiger partial charge on any atom is -0.351 e. The predicted molar refractivity (Wildman–Crippen MR) is 83.3 cm³/mol. The van der Waals surface area contributed by atoms with E-state index in [-0.39, 0.29) is 18.2 Å². The van der Waals surface area contributed by atoms with Crippen LogP contribution in [0.15, 0.2) is 24.3 Å². The molecule has 0 aliphatic rings. The summed E-state index contributed by atoms with van der Waals surface area (Å²) < 4.78 is 22.1. The number of aryl methyl sites for hydroxylation is 2. The number of aromatic nitrogens is 1. The van der Waals surface area contributed by atoms with Gasteiger partial charge < -0.3 is 5.32 Å². The van der Waals surface area contributed by atoms with Crippen molar-refractivity contribution >= 4 is 26.6 Å². The summed E-state index contributed by atoms with van der Waals surface area (Å²) in [5, 5.41) is 3.51. The molecular weight excluding hydrogens is 288 g/mol. The second-order valence-electron chi connectivity index (χ2n) is 5.20. The van der Waals surface area contributed by atoms with Gasteiger partial charge in [-0.2, -0.15) is 0 Å². The minimum absolute atomic E-state index is 0.0715. The number of rotatable bonds is 4. The molecular formula is C15H18N2O3S. The molecule has 0 aliphatic heterocycles. The number of pyridine rings is 1. The van der Waals surface area contributed by atoms with Crippen molar-refractivity contribution in [2.45, 2.75) is 13.8 Å². The molecule has 0 fully saturated rings. The monoisotopic (exact) mass is 306 g/mol. The van der Waals surface area contributed by atoms with Crippen molar-refractivity contribution in [3.63, 3.8) is 0 Å². The number of carbonyl (C=O) groups excluding carboxylic acids is 1. The number of nitrogens with zero attached hydrogens (tertiary/aromatic N) is 1. The highest BCUT2D eigenvalue weighted by Gasteiger charge is 2.12. The van der Waals surface area contributed by atoms with E-state index in [1.807, 2.05) is 25.1 Å². The van der Waals surface area contributed by atoms with Crippen LogP contribution in [0.25, 0.3) is 10.9 Å². The van der Waals surface area contributed by atoms with Crippen molar-refractivity contribution in [1.82, 2.24) is 10.3 Å². The maximum absolute atomic E-state index is 12.1. The third-order valence-electron chi connectivity index (χ3n) is 3.16. The first-order valence-corrected chi connectivity index (χ1v) is 8.66. The molecule has 0 atom stereocenters. The van der Waals surface area contributed by atoms with E-state index < -0.39 is 9.84 Å². The Morgan fingerprint density at radius 1 is 1.24 bits per heavy atom. The van der Waals surface area contributed by atoms with Gasteiger partial charge in [0.2, 0.25) is 0 Å². The van der Waals surface area contributed by atoms with Crippen molar-refractivity contribution < 1.29 is 13.2 Å². The van der Waals surface area contributed by atoms with Gasteiger partial charge in [-0.1, -0.05) is 11.6 Å². The molecule has 1 heterocycles. The van der Waals surface area contributed by atoms with Gasteiger partial charge in [-0.3, -0.25) is 9.78 Å². The highest BCUT2D eigenvalue weighted by molar-refractivity contribution is 7.90. The number of nitrogens with one attached hydrogen (secondary N) is 1. The molecule has 6 heteroatoms. The van der Waals surface area contributed by atoms with E-state index in [1.54, 1.807) is 13.0 Å². The summed E-state index contributed by atoms with van der Waals surface area (Å²) in [7, 11) is -3.08. The fourth-order valence-electron chi connectivity index (χ4n) is 2.07. The highest BCUT2D eigenvalue weighted by atomic mass is 32.2. The zero-order valence-electron chi connectivity index (χ0n) is 12.3. The molecule has 2 aromatic rings. The molecule has 0 bridgehead atoms. The molecule has 1 N–H and O–H groups in total. The van der Waals surface area contributed by atoms with Gasteiger partial charge in [0, 0.05) is 18.2 Å². The molecule has 0 aliphatic carbocycles. The lowest BCUT2D eigenvalue weighted by Gasteiger charge is -2.09. The van der Waals surface area contributed by atoms with E-state index in [1.165, 1.54) is 0 Å². The van der Waals surface area contributed by atoms with Crippen LogP contribution in [0.2, 0.25) is 0 Å². The van der Waals surface area contributed by atoms with Crippen molar-refractivity contribution in [2.24, 2.45) is 0 Å². The second-order valence-corrected chi connectivity index (χ2v) is 7.46. The number of fused-ring (bicyclic) bond motifs is 1. The largest absolute Gasteiger partial charge is 0.351 e. The highest BCUT2D eigenvalue weighted by Crippen LogP contribution is 2.18. The van der Waals surface area contributed by atoms with Crippen LogP contribution >= 0.6 is 0 Å². The predicted octanol–water partition coefficient (Wildman–Crippen LogP) is 1.63. The third kappa shape index (κ3) is 4.01. The number of hydrogen-bond acceptors (Lipinski definition) is 4. The van der Waals surface area contributed by atoms with E-state index in [0.717, 1.165) is 22.7 Å². The SMILES string of the molecule is Cc1ccc2nc(C)c(C(=O)NCCS(C)(=O)=O)cc2c1. The molecule has 1 aromatic heterocycles. The summed E-state index contributed by atoms with van der Waals surface area (Å²) in [5.74, 6) is -0.371. The summed E-state index contributed by atoms with van der Waals surface area (Å²) in [6, 6.07) is 7.65. The van der Waals surface area contributed by atoms with E-state index >= 15 is 0 Å². The van der Waals surface area contributed by atoms with Crippen LogP contribution in [0.4, 0.5) is 0 Å². The molecule has 0 radical (unpaired) electrons. The van der Waals surface area contributed by atoms with E-state index in [0.29, 0.717) is 11.3 Å². The molecule has 1 aromatic carbocycles. The second kappa shape index (κ2) is 5.81. The summed E-state index contributed by atoms with van der Waals surface area (Å²) >= 11 is 0. The van der Waals surface area contributed by atoms with Crippen molar-refractivity contribution in [2.75, 3.05) is 18.6 Å². The molecule has 21 heavy (non-hydrogen) atoms. The smallest absolute Gasteiger partial charge is 0.253 e. The first kappa shape index (κ1) is 15.4. The van der Waals surface area contributed by atoms with Gasteiger partial charge >= 0.3 is 0 Å².